The molecule has 0 amide bonds. The number of rotatable bonds is 3. The molecule has 0 aromatic rings. The van der Waals surface area contributed by atoms with Crippen molar-refractivity contribution in [1.82, 2.24) is 4.90 Å². The lowest BCUT2D eigenvalue weighted by Gasteiger charge is -2.34. The Hall–Kier alpha value is -0.550. The Kier molecular flexibility index (Phi) is 3.42. The van der Waals surface area contributed by atoms with Crippen LogP contribution in [0.3, 0.4) is 0 Å². The van der Waals surface area contributed by atoms with Gasteiger partial charge in [-0.25, -0.2) is 0 Å². The fourth-order valence-electron chi connectivity index (χ4n) is 2.56. The maximum Gasteiger partial charge on any atom is 0.0672 e. The van der Waals surface area contributed by atoms with E-state index in [1.54, 1.807) is 0 Å². The summed E-state index contributed by atoms with van der Waals surface area (Å²) in [6.07, 6.45) is 8.00. The molecule has 2 nitrogen and oxygen atoms in total. The zero-order valence-electron chi connectivity index (χ0n) is 8.91. The van der Waals surface area contributed by atoms with Crippen molar-refractivity contribution in [3.05, 3.63) is 0 Å². The Balaban J connectivity index is 1.78. The van der Waals surface area contributed by atoms with E-state index in [0.717, 1.165) is 12.5 Å². The highest BCUT2D eigenvalue weighted by Crippen LogP contribution is 2.33. The molecular formula is C12H20N2. The van der Waals surface area contributed by atoms with Gasteiger partial charge in [0.05, 0.1) is 12.0 Å². The van der Waals surface area contributed by atoms with Gasteiger partial charge >= 0.3 is 0 Å². The fourth-order valence-corrected chi connectivity index (χ4v) is 2.56. The Bertz CT molecular complexity index is 209. The third kappa shape index (κ3) is 2.27. The number of likely N-dealkylation sites (tertiary alicyclic amines) is 1. The third-order valence-electron chi connectivity index (χ3n) is 3.79. The Morgan fingerprint density at radius 2 is 1.86 bits per heavy atom. The zero-order valence-corrected chi connectivity index (χ0v) is 8.91. The van der Waals surface area contributed by atoms with E-state index in [4.69, 9.17) is 5.26 Å². The number of hydrogen-bond donors (Lipinski definition) is 0. The SMILES string of the molecule is N#CC(CN1CCCCC1)C1CCC1. The number of nitriles is 1. The van der Waals surface area contributed by atoms with Crippen molar-refractivity contribution in [3.8, 4) is 6.07 Å². The minimum absolute atomic E-state index is 0.321. The van der Waals surface area contributed by atoms with E-state index >= 15 is 0 Å². The maximum absolute atomic E-state index is 9.12. The molecule has 2 heteroatoms. The first-order chi connectivity index (χ1) is 6.90. The molecule has 1 saturated carbocycles. The van der Waals surface area contributed by atoms with Gasteiger partial charge in [-0.1, -0.05) is 12.8 Å². The van der Waals surface area contributed by atoms with Crippen molar-refractivity contribution in [2.24, 2.45) is 11.8 Å². The van der Waals surface area contributed by atoms with Crippen molar-refractivity contribution in [3.63, 3.8) is 0 Å². The predicted octanol–water partition coefficient (Wildman–Crippen LogP) is 2.41. The number of piperidine rings is 1. The molecule has 78 valence electrons. The number of nitrogens with zero attached hydrogens (tertiary/aromatic N) is 2. The summed E-state index contributed by atoms with van der Waals surface area (Å²) in [5, 5.41) is 9.12. The largest absolute Gasteiger partial charge is 0.302 e. The maximum atomic E-state index is 9.12. The van der Waals surface area contributed by atoms with Crippen molar-refractivity contribution >= 4 is 0 Å². The molecule has 0 spiro atoms. The van der Waals surface area contributed by atoms with Crippen LogP contribution in [0.4, 0.5) is 0 Å². The molecule has 1 unspecified atom stereocenters. The van der Waals surface area contributed by atoms with Crippen LogP contribution in [0.15, 0.2) is 0 Å². The summed E-state index contributed by atoms with van der Waals surface area (Å²) >= 11 is 0. The molecule has 0 aromatic heterocycles. The average Bonchev–Trinajstić information content (AvgIpc) is 2.15. The molecule has 1 heterocycles. The van der Waals surface area contributed by atoms with Crippen LogP contribution in [0.1, 0.15) is 38.5 Å². The lowest BCUT2D eigenvalue weighted by atomic mass is 9.76. The van der Waals surface area contributed by atoms with Gasteiger partial charge in [-0.05, 0) is 44.7 Å². The first kappa shape index (κ1) is 9.98. The molecular weight excluding hydrogens is 172 g/mol. The van der Waals surface area contributed by atoms with Gasteiger partial charge in [-0.15, -0.1) is 0 Å². The van der Waals surface area contributed by atoms with E-state index in [-0.39, 0.29) is 0 Å². The molecule has 1 aliphatic heterocycles. The van der Waals surface area contributed by atoms with Crippen LogP contribution in [0.25, 0.3) is 0 Å². The highest BCUT2D eigenvalue weighted by molar-refractivity contribution is 4.93. The summed E-state index contributed by atoms with van der Waals surface area (Å²) in [6, 6.07) is 2.51. The molecule has 0 radical (unpaired) electrons. The summed E-state index contributed by atoms with van der Waals surface area (Å²) < 4.78 is 0. The predicted molar refractivity (Wildman–Crippen MR) is 56.7 cm³/mol. The van der Waals surface area contributed by atoms with E-state index < -0.39 is 0 Å². The molecule has 1 aliphatic carbocycles. The standard InChI is InChI=1S/C12H20N2/c13-9-12(11-5-4-6-11)10-14-7-2-1-3-8-14/h11-12H,1-8,10H2. The molecule has 2 rings (SSSR count). The van der Waals surface area contributed by atoms with Gasteiger partial charge in [0.15, 0.2) is 0 Å². The fraction of sp³-hybridized carbons (Fsp3) is 0.917. The first-order valence-electron chi connectivity index (χ1n) is 6.02. The van der Waals surface area contributed by atoms with E-state index in [0.29, 0.717) is 5.92 Å². The topological polar surface area (TPSA) is 27.0 Å². The van der Waals surface area contributed by atoms with E-state index in [1.165, 1.54) is 51.6 Å². The molecule has 0 bridgehead atoms. The van der Waals surface area contributed by atoms with Gasteiger partial charge in [0.1, 0.15) is 0 Å². The molecule has 14 heavy (non-hydrogen) atoms. The van der Waals surface area contributed by atoms with Crippen LogP contribution < -0.4 is 0 Å². The minimum atomic E-state index is 0.321. The highest BCUT2D eigenvalue weighted by Gasteiger charge is 2.28. The van der Waals surface area contributed by atoms with Crippen LogP contribution >= 0.6 is 0 Å². The Morgan fingerprint density at radius 1 is 1.14 bits per heavy atom. The molecule has 1 saturated heterocycles. The average molecular weight is 192 g/mol. The lowest BCUT2D eigenvalue weighted by Crippen LogP contribution is -2.37. The molecule has 2 aliphatic rings. The minimum Gasteiger partial charge on any atom is -0.302 e. The normalized spacial score (nSPS) is 26.5. The van der Waals surface area contributed by atoms with Gasteiger partial charge in [0, 0.05) is 6.54 Å². The Labute approximate surface area is 86.9 Å². The van der Waals surface area contributed by atoms with Crippen LogP contribution in [0.2, 0.25) is 0 Å². The van der Waals surface area contributed by atoms with Crippen LogP contribution in [-0.4, -0.2) is 24.5 Å². The lowest BCUT2D eigenvalue weighted by molar-refractivity contribution is 0.154. The second-order valence-electron chi connectivity index (χ2n) is 4.79. The zero-order chi connectivity index (χ0) is 9.80. The van der Waals surface area contributed by atoms with Crippen molar-refractivity contribution in [1.29, 1.82) is 5.26 Å². The van der Waals surface area contributed by atoms with Crippen molar-refractivity contribution in [2.75, 3.05) is 19.6 Å². The quantitative estimate of drug-likeness (QED) is 0.686. The van der Waals surface area contributed by atoms with Crippen molar-refractivity contribution in [2.45, 2.75) is 38.5 Å². The summed E-state index contributed by atoms with van der Waals surface area (Å²) in [6.45, 7) is 3.50. The van der Waals surface area contributed by atoms with Crippen molar-refractivity contribution < 1.29 is 0 Å². The molecule has 1 atom stereocenters. The third-order valence-corrected chi connectivity index (χ3v) is 3.79. The van der Waals surface area contributed by atoms with Gasteiger partial charge in [0.2, 0.25) is 0 Å². The van der Waals surface area contributed by atoms with Crippen LogP contribution in [0, 0.1) is 23.2 Å². The number of hydrogen-bond acceptors (Lipinski definition) is 2. The van der Waals surface area contributed by atoms with Crippen LogP contribution in [0.5, 0.6) is 0 Å². The summed E-state index contributed by atoms with van der Waals surface area (Å²) in [5.41, 5.74) is 0. The van der Waals surface area contributed by atoms with Gasteiger partial charge in [0.25, 0.3) is 0 Å². The summed E-state index contributed by atoms with van der Waals surface area (Å²) in [7, 11) is 0. The van der Waals surface area contributed by atoms with Gasteiger partial charge < -0.3 is 4.90 Å². The monoisotopic (exact) mass is 192 g/mol. The van der Waals surface area contributed by atoms with Crippen LogP contribution in [-0.2, 0) is 0 Å². The van der Waals surface area contributed by atoms with Gasteiger partial charge in [-0.2, -0.15) is 5.26 Å². The molecule has 2 fully saturated rings. The summed E-state index contributed by atoms with van der Waals surface area (Å²) in [4.78, 5) is 2.50. The van der Waals surface area contributed by atoms with E-state index in [2.05, 4.69) is 11.0 Å². The molecule has 0 N–H and O–H groups in total. The highest BCUT2D eigenvalue weighted by atomic mass is 15.1. The first-order valence-corrected chi connectivity index (χ1v) is 6.02. The van der Waals surface area contributed by atoms with Gasteiger partial charge in [-0.3, -0.25) is 0 Å². The van der Waals surface area contributed by atoms with E-state index in [1.807, 2.05) is 0 Å². The second-order valence-corrected chi connectivity index (χ2v) is 4.79. The molecule has 0 aromatic carbocycles. The second kappa shape index (κ2) is 4.79. The van der Waals surface area contributed by atoms with E-state index in [9.17, 15) is 0 Å². The smallest absolute Gasteiger partial charge is 0.0672 e. The summed E-state index contributed by atoms with van der Waals surface area (Å²) in [5.74, 6) is 1.05. The Morgan fingerprint density at radius 3 is 2.36 bits per heavy atom.